The maximum absolute atomic E-state index is 12.4. The molecule has 1 aliphatic rings. The molecule has 0 saturated carbocycles. The van der Waals surface area contributed by atoms with Gasteiger partial charge in [-0.3, -0.25) is 4.79 Å². The van der Waals surface area contributed by atoms with Crippen molar-refractivity contribution in [3.63, 3.8) is 0 Å². The fourth-order valence-corrected chi connectivity index (χ4v) is 4.25. The summed E-state index contributed by atoms with van der Waals surface area (Å²) < 4.78 is 2.10. The van der Waals surface area contributed by atoms with E-state index < -0.39 is 0 Å². The Kier molecular flexibility index (Phi) is 3.51. The molecule has 4 rings (SSSR count). The van der Waals surface area contributed by atoms with Crippen LogP contribution < -0.4 is 5.32 Å². The number of aryl methyl sites for hydroxylation is 1. The number of nitrogens with zero attached hydrogens (tertiary/aromatic N) is 3. The first-order chi connectivity index (χ1) is 10.8. The smallest absolute Gasteiger partial charge is 0.271 e. The quantitative estimate of drug-likeness (QED) is 0.803. The summed E-state index contributed by atoms with van der Waals surface area (Å²) in [4.78, 5) is 22.2. The van der Waals surface area contributed by atoms with Crippen molar-refractivity contribution in [1.82, 2.24) is 19.9 Å². The summed E-state index contributed by atoms with van der Waals surface area (Å²) in [6, 6.07) is 4.15. The molecule has 1 atom stereocenters. The van der Waals surface area contributed by atoms with Gasteiger partial charge in [-0.2, -0.15) is 0 Å². The van der Waals surface area contributed by atoms with Crippen LogP contribution in [0.1, 0.15) is 22.7 Å². The van der Waals surface area contributed by atoms with Crippen molar-refractivity contribution in [3.05, 3.63) is 46.8 Å². The molecule has 3 aromatic rings. The molecule has 22 heavy (non-hydrogen) atoms. The molecule has 1 aliphatic heterocycles. The third-order valence-electron chi connectivity index (χ3n) is 3.74. The summed E-state index contributed by atoms with van der Waals surface area (Å²) in [7, 11) is 0. The topological polar surface area (TPSA) is 59.8 Å². The number of hydrogen-bond acceptors (Lipinski definition) is 5. The first kappa shape index (κ1) is 13.7. The molecular formula is C15H14N4OS2. The number of aromatic nitrogens is 3. The molecule has 0 aromatic carbocycles. The number of fused-ring (bicyclic) bond motifs is 1. The van der Waals surface area contributed by atoms with Gasteiger partial charge in [0, 0.05) is 36.8 Å². The second-order valence-corrected chi connectivity index (χ2v) is 7.03. The summed E-state index contributed by atoms with van der Waals surface area (Å²) in [5.74, 6) is 1.01. The van der Waals surface area contributed by atoms with E-state index in [1.807, 2.05) is 35.3 Å². The van der Waals surface area contributed by atoms with Crippen LogP contribution in [0, 0.1) is 0 Å². The van der Waals surface area contributed by atoms with Crippen LogP contribution in [0.2, 0.25) is 0 Å². The van der Waals surface area contributed by atoms with Crippen molar-refractivity contribution in [3.8, 4) is 9.88 Å². The van der Waals surface area contributed by atoms with Gasteiger partial charge in [0.2, 0.25) is 0 Å². The molecule has 7 heteroatoms. The zero-order chi connectivity index (χ0) is 14.9. The van der Waals surface area contributed by atoms with E-state index in [4.69, 9.17) is 0 Å². The highest BCUT2D eigenvalue weighted by molar-refractivity contribution is 7.20. The highest BCUT2D eigenvalue weighted by Gasteiger charge is 2.22. The van der Waals surface area contributed by atoms with Crippen LogP contribution in [-0.4, -0.2) is 26.5 Å². The van der Waals surface area contributed by atoms with Gasteiger partial charge < -0.3 is 9.88 Å². The molecule has 0 bridgehead atoms. The number of rotatable bonds is 3. The van der Waals surface area contributed by atoms with Gasteiger partial charge in [-0.25, -0.2) is 9.97 Å². The Morgan fingerprint density at radius 2 is 2.36 bits per heavy atom. The Balaban J connectivity index is 1.45. The Morgan fingerprint density at radius 3 is 3.23 bits per heavy atom. The van der Waals surface area contributed by atoms with Crippen molar-refractivity contribution >= 4 is 28.6 Å². The van der Waals surface area contributed by atoms with Crippen molar-refractivity contribution < 1.29 is 4.79 Å². The molecular weight excluding hydrogens is 316 g/mol. The van der Waals surface area contributed by atoms with E-state index in [0.29, 0.717) is 5.69 Å². The molecule has 112 valence electrons. The van der Waals surface area contributed by atoms with Crippen molar-refractivity contribution in [2.75, 3.05) is 0 Å². The Labute approximate surface area is 135 Å². The molecule has 0 fully saturated rings. The number of carbonyl (C=O) groups excluding carboxylic acids is 1. The zero-order valence-corrected chi connectivity index (χ0v) is 13.4. The molecule has 0 saturated heterocycles. The lowest BCUT2D eigenvalue weighted by Gasteiger charge is -2.24. The fourth-order valence-electron chi connectivity index (χ4n) is 2.64. The standard InChI is InChI=1S/C15H14N4OS2/c20-14(11-9-22-15(18-11)12-2-1-7-21-12)17-10-3-4-13-16-5-6-19(13)8-10/h1-2,5-7,9-10H,3-4,8H2,(H,17,20)/t10-/m1/s1. The molecule has 0 spiro atoms. The average Bonchev–Trinajstić information content (AvgIpc) is 3.26. The van der Waals surface area contributed by atoms with Crippen molar-refractivity contribution in [1.29, 1.82) is 0 Å². The summed E-state index contributed by atoms with van der Waals surface area (Å²) in [5.41, 5.74) is 0.504. The number of amides is 1. The van der Waals surface area contributed by atoms with E-state index in [1.54, 1.807) is 11.3 Å². The lowest BCUT2D eigenvalue weighted by Crippen LogP contribution is -2.41. The summed E-state index contributed by atoms with van der Waals surface area (Å²) in [5, 5.41) is 7.83. The van der Waals surface area contributed by atoms with Crippen LogP contribution in [0.25, 0.3) is 9.88 Å². The van der Waals surface area contributed by atoms with Crippen LogP contribution in [0.4, 0.5) is 0 Å². The summed E-state index contributed by atoms with van der Waals surface area (Å²) in [6.07, 6.45) is 5.60. The molecule has 3 aromatic heterocycles. The third kappa shape index (κ3) is 2.57. The Morgan fingerprint density at radius 1 is 1.41 bits per heavy atom. The van der Waals surface area contributed by atoms with Gasteiger partial charge in [0.1, 0.15) is 16.5 Å². The molecule has 0 radical (unpaired) electrons. The molecule has 0 aliphatic carbocycles. The maximum Gasteiger partial charge on any atom is 0.271 e. The highest BCUT2D eigenvalue weighted by atomic mass is 32.1. The van der Waals surface area contributed by atoms with Crippen LogP contribution in [0.3, 0.4) is 0 Å². The van der Waals surface area contributed by atoms with E-state index in [2.05, 4.69) is 19.9 Å². The molecule has 4 heterocycles. The number of carbonyl (C=O) groups is 1. The second kappa shape index (κ2) is 5.66. The fraction of sp³-hybridized carbons (Fsp3) is 0.267. The average molecular weight is 330 g/mol. The van der Waals surface area contributed by atoms with Crippen molar-refractivity contribution in [2.24, 2.45) is 0 Å². The largest absolute Gasteiger partial charge is 0.346 e. The van der Waals surface area contributed by atoms with Gasteiger partial charge in [0.15, 0.2) is 0 Å². The van der Waals surface area contributed by atoms with Crippen molar-refractivity contribution in [2.45, 2.75) is 25.4 Å². The number of thiophene rings is 1. The number of thiazole rings is 1. The van der Waals surface area contributed by atoms with Crippen LogP contribution in [0.5, 0.6) is 0 Å². The monoisotopic (exact) mass is 330 g/mol. The van der Waals surface area contributed by atoms with Gasteiger partial charge >= 0.3 is 0 Å². The second-order valence-electron chi connectivity index (χ2n) is 5.22. The highest BCUT2D eigenvalue weighted by Crippen LogP contribution is 2.27. The molecule has 5 nitrogen and oxygen atoms in total. The number of imidazole rings is 1. The van der Waals surface area contributed by atoms with Gasteiger partial charge in [-0.05, 0) is 17.9 Å². The van der Waals surface area contributed by atoms with Gasteiger partial charge in [0.05, 0.1) is 4.88 Å². The minimum atomic E-state index is -0.0902. The number of nitrogens with one attached hydrogen (secondary N) is 1. The van der Waals surface area contributed by atoms with E-state index in [0.717, 1.165) is 35.1 Å². The van der Waals surface area contributed by atoms with E-state index in [9.17, 15) is 4.79 Å². The first-order valence-electron chi connectivity index (χ1n) is 7.10. The third-order valence-corrected chi connectivity index (χ3v) is 5.62. The lowest BCUT2D eigenvalue weighted by molar-refractivity contribution is 0.0923. The Bertz CT molecular complexity index is 790. The molecule has 0 unspecified atom stereocenters. The van der Waals surface area contributed by atoms with Crippen LogP contribution in [-0.2, 0) is 13.0 Å². The van der Waals surface area contributed by atoms with Gasteiger partial charge in [0.25, 0.3) is 5.91 Å². The zero-order valence-electron chi connectivity index (χ0n) is 11.7. The summed E-state index contributed by atoms with van der Waals surface area (Å²) in [6.45, 7) is 0.781. The van der Waals surface area contributed by atoms with Crippen LogP contribution in [0.15, 0.2) is 35.3 Å². The minimum absolute atomic E-state index is 0.0902. The normalized spacial score (nSPS) is 17.2. The van der Waals surface area contributed by atoms with E-state index in [-0.39, 0.29) is 11.9 Å². The molecule has 1 amide bonds. The first-order valence-corrected chi connectivity index (χ1v) is 8.86. The maximum atomic E-state index is 12.4. The predicted molar refractivity (Wildman–Crippen MR) is 87.2 cm³/mol. The van der Waals surface area contributed by atoms with E-state index >= 15 is 0 Å². The minimum Gasteiger partial charge on any atom is -0.346 e. The predicted octanol–water partition coefficient (Wildman–Crippen LogP) is 2.81. The number of hydrogen-bond donors (Lipinski definition) is 1. The van der Waals surface area contributed by atoms with Crippen LogP contribution >= 0.6 is 22.7 Å². The summed E-state index contributed by atoms with van der Waals surface area (Å²) >= 11 is 3.15. The SMILES string of the molecule is O=C(N[C@@H]1CCc2nccn2C1)c1csc(-c2cccs2)n1. The lowest BCUT2D eigenvalue weighted by atomic mass is 10.1. The van der Waals surface area contributed by atoms with Gasteiger partial charge in [-0.15, -0.1) is 22.7 Å². The Hall–Kier alpha value is -1.99. The van der Waals surface area contributed by atoms with Gasteiger partial charge in [-0.1, -0.05) is 6.07 Å². The molecule has 1 N–H and O–H groups in total. The van der Waals surface area contributed by atoms with E-state index in [1.165, 1.54) is 11.3 Å².